The van der Waals surface area contributed by atoms with E-state index in [0.29, 0.717) is 13.2 Å². The minimum Gasteiger partial charge on any atom is -0.399 e. The van der Waals surface area contributed by atoms with E-state index in [2.05, 4.69) is 9.88 Å². The van der Waals surface area contributed by atoms with Crippen molar-refractivity contribution >= 4 is 22.4 Å². The van der Waals surface area contributed by atoms with Crippen LogP contribution in [0.5, 0.6) is 0 Å². The molecule has 1 aromatic heterocycles. The molecule has 0 unspecified atom stereocenters. The van der Waals surface area contributed by atoms with E-state index in [0.717, 1.165) is 35.5 Å². The molecule has 0 bridgehead atoms. The van der Waals surface area contributed by atoms with Gasteiger partial charge in [0.05, 0.1) is 18.7 Å². The van der Waals surface area contributed by atoms with Gasteiger partial charge in [-0.05, 0) is 30.3 Å². The number of fused-ring (bicyclic) bond motifs is 1. The Morgan fingerprint density at radius 3 is 2.40 bits per heavy atom. The maximum atomic E-state index is 5.78. The van der Waals surface area contributed by atoms with Crippen molar-refractivity contribution in [1.29, 1.82) is 0 Å². The molecule has 0 spiro atoms. The minimum absolute atomic E-state index is 0.658. The average molecular weight is 275 g/mol. The van der Waals surface area contributed by atoms with Crippen molar-refractivity contribution in [1.82, 2.24) is 4.98 Å². The Bertz CT molecular complexity index is 552. The van der Waals surface area contributed by atoms with Crippen LogP contribution in [0, 0.1) is 0 Å². The molecule has 1 aromatic carbocycles. The van der Waals surface area contributed by atoms with Crippen molar-refractivity contribution in [3.63, 3.8) is 0 Å². The summed E-state index contributed by atoms with van der Waals surface area (Å²) < 4.78 is 10.3. The number of nitrogens with zero attached hydrogens (tertiary/aromatic N) is 2. The highest BCUT2D eigenvalue weighted by atomic mass is 16.5. The van der Waals surface area contributed by atoms with Crippen LogP contribution in [-0.4, -0.2) is 45.5 Å². The van der Waals surface area contributed by atoms with Gasteiger partial charge in [0.15, 0.2) is 0 Å². The van der Waals surface area contributed by atoms with Crippen LogP contribution in [0.1, 0.15) is 0 Å². The zero-order valence-corrected chi connectivity index (χ0v) is 12.0. The summed E-state index contributed by atoms with van der Waals surface area (Å²) in [4.78, 5) is 6.84. The monoisotopic (exact) mass is 275 g/mol. The highest BCUT2D eigenvalue weighted by Gasteiger charge is 2.08. The van der Waals surface area contributed by atoms with Crippen LogP contribution in [0.4, 0.5) is 11.5 Å². The van der Waals surface area contributed by atoms with Crippen LogP contribution in [0.15, 0.2) is 30.3 Å². The van der Waals surface area contributed by atoms with Crippen molar-refractivity contribution in [2.45, 2.75) is 0 Å². The molecule has 1 heterocycles. The zero-order chi connectivity index (χ0) is 14.4. The van der Waals surface area contributed by atoms with Crippen molar-refractivity contribution in [3.8, 4) is 0 Å². The van der Waals surface area contributed by atoms with E-state index in [1.165, 1.54) is 0 Å². The van der Waals surface area contributed by atoms with Gasteiger partial charge in [-0.1, -0.05) is 0 Å². The second-order valence-electron chi connectivity index (χ2n) is 4.59. The van der Waals surface area contributed by atoms with Crippen molar-refractivity contribution < 1.29 is 9.47 Å². The Morgan fingerprint density at radius 1 is 1.05 bits per heavy atom. The second kappa shape index (κ2) is 7.07. The van der Waals surface area contributed by atoms with Crippen LogP contribution in [0.3, 0.4) is 0 Å². The van der Waals surface area contributed by atoms with E-state index in [1.54, 1.807) is 14.2 Å². The lowest BCUT2D eigenvalue weighted by molar-refractivity contribution is 0.190. The predicted molar refractivity (Wildman–Crippen MR) is 82.1 cm³/mol. The first-order valence-electron chi connectivity index (χ1n) is 6.63. The third kappa shape index (κ3) is 3.59. The summed E-state index contributed by atoms with van der Waals surface area (Å²) >= 11 is 0. The molecule has 0 radical (unpaired) electrons. The van der Waals surface area contributed by atoms with Crippen molar-refractivity contribution in [3.05, 3.63) is 30.3 Å². The van der Waals surface area contributed by atoms with Gasteiger partial charge in [0, 0.05) is 38.4 Å². The van der Waals surface area contributed by atoms with E-state index in [1.807, 2.05) is 30.3 Å². The summed E-state index contributed by atoms with van der Waals surface area (Å²) in [5, 5.41) is 1.05. The molecule has 0 saturated carbocycles. The zero-order valence-electron chi connectivity index (χ0n) is 12.0. The Morgan fingerprint density at radius 2 is 1.75 bits per heavy atom. The van der Waals surface area contributed by atoms with Crippen molar-refractivity contribution in [2.24, 2.45) is 0 Å². The molecule has 20 heavy (non-hydrogen) atoms. The molecule has 0 atom stereocenters. The lowest BCUT2D eigenvalue weighted by Crippen LogP contribution is -2.31. The van der Waals surface area contributed by atoms with E-state index in [-0.39, 0.29) is 0 Å². The molecule has 108 valence electrons. The average Bonchev–Trinajstić information content (AvgIpc) is 2.47. The Labute approximate surface area is 119 Å². The van der Waals surface area contributed by atoms with Gasteiger partial charge in [0.1, 0.15) is 5.82 Å². The Kier molecular flexibility index (Phi) is 5.15. The first-order valence-corrected chi connectivity index (χ1v) is 6.63. The summed E-state index contributed by atoms with van der Waals surface area (Å²) in [5.41, 5.74) is 7.48. The fourth-order valence-electron chi connectivity index (χ4n) is 2.05. The van der Waals surface area contributed by atoms with E-state index in [4.69, 9.17) is 15.2 Å². The number of pyridine rings is 1. The van der Waals surface area contributed by atoms with Gasteiger partial charge in [-0.3, -0.25) is 0 Å². The molecule has 0 aliphatic rings. The largest absolute Gasteiger partial charge is 0.399 e. The van der Waals surface area contributed by atoms with Gasteiger partial charge in [0.25, 0.3) is 0 Å². The molecule has 0 aliphatic heterocycles. The Hall–Kier alpha value is -1.85. The van der Waals surface area contributed by atoms with Crippen LogP contribution in [-0.2, 0) is 9.47 Å². The summed E-state index contributed by atoms with van der Waals surface area (Å²) in [5.74, 6) is 0.927. The Balaban J connectivity index is 2.24. The van der Waals surface area contributed by atoms with Crippen LogP contribution in [0.25, 0.3) is 10.9 Å². The van der Waals surface area contributed by atoms with Gasteiger partial charge in [-0.15, -0.1) is 0 Å². The molecule has 2 N–H and O–H groups in total. The first kappa shape index (κ1) is 14.6. The number of nitrogen functional groups attached to an aromatic ring is 1. The van der Waals surface area contributed by atoms with Crippen LogP contribution < -0.4 is 10.6 Å². The van der Waals surface area contributed by atoms with Gasteiger partial charge >= 0.3 is 0 Å². The molecule has 2 rings (SSSR count). The van der Waals surface area contributed by atoms with Gasteiger partial charge in [-0.25, -0.2) is 4.98 Å². The van der Waals surface area contributed by atoms with Gasteiger partial charge in [0.2, 0.25) is 0 Å². The van der Waals surface area contributed by atoms with Crippen LogP contribution >= 0.6 is 0 Å². The van der Waals surface area contributed by atoms with Gasteiger partial charge in [-0.2, -0.15) is 0 Å². The van der Waals surface area contributed by atoms with E-state index < -0.39 is 0 Å². The molecule has 0 saturated heterocycles. The molecule has 5 heteroatoms. The number of nitrogens with two attached hydrogens (primary N) is 1. The minimum atomic E-state index is 0.658. The SMILES string of the molecule is COCCN(CCOC)c1ccc2cc(N)ccc2n1. The quantitative estimate of drug-likeness (QED) is 0.782. The summed E-state index contributed by atoms with van der Waals surface area (Å²) in [6, 6.07) is 9.79. The molecule has 2 aromatic rings. The number of ether oxygens (including phenoxy) is 2. The topological polar surface area (TPSA) is 60.6 Å². The first-order chi connectivity index (χ1) is 9.74. The third-order valence-electron chi connectivity index (χ3n) is 3.15. The number of methoxy groups -OCH3 is 2. The number of hydrogen-bond acceptors (Lipinski definition) is 5. The van der Waals surface area contributed by atoms with Crippen LogP contribution in [0.2, 0.25) is 0 Å². The van der Waals surface area contributed by atoms with Gasteiger partial charge < -0.3 is 20.1 Å². The fourth-order valence-corrected chi connectivity index (χ4v) is 2.05. The highest BCUT2D eigenvalue weighted by Crippen LogP contribution is 2.20. The predicted octanol–water partition coefficient (Wildman–Crippen LogP) is 1.92. The lowest BCUT2D eigenvalue weighted by Gasteiger charge is -2.23. The number of hydrogen-bond donors (Lipinski definition) is 1. The molecule has 0 fully saturated rings. The molecular weight excluding hydrogens is 254 g/mol. The maximum absolute atomic E-state index is 5.78. The molecule has 0 amide bonds. The molecule has 5 nitrogen and oxygen atoms in total. The number of anilines is 2. The third-order valence-corrected chi connectivity index (χ3v) is 3.15. The lowest BCUT2D eigenvalue weighted by atomic mass is 10.2. The van der Waals surface area contributed by atoms with E-state index in [9.17, 15) is 0 Å². The normalized spacial score (nSPS) is 10.9. The maximum Gasteiger partial charge on any atom is 0.129 e. The standard InChI is InChI=1S/C15H21N3O2/c1-19-9-7-18(8-10-20-2)15-6-3-12-11-13(16)4-5-14(12)17-15/h3-6,11H,7-10,16H2,1-2H3. The van der Waals surface area contributed by atoms with Crippen molar-refractivity contribution in [2.75, 3.05) is 51.2 Å². The molecular formula is C15H21N3O2. The second-order valence-corrected chi connectivity index (χ2v) is 4.59. The number of rotatable bonds is 7. The fraction of sp³-hybridized carbons (Fsp3) is 0.400. The molecule has 0 aliphatic carbocycles. The van der Waals surface area contributed by atoms with E-state index >= 15 is 0 Å². The number of benzene rings is 1. The highest BCUT2D eigenvalue weighted by molar-refractivity contribution is 5.83. The summed E-state index contributed by atoms with van der Waals surface area (Å²) in [6.45, 7) is 2.89. The smallest absolute Gasteiger partial charge is 0.129 e. The number of aromatic nitrogens is 1. The summed E-state index contributed by atoms with van der Waals surface area (Å²) in [7, 11) is 3.40. The summed E-state index contributed by atoms with van der Waals surface area (Å²) in [6.07, 6.45) is 0.